The largest absolute Gasteiger partial charge is 0.392 e. The number of aliphatic hydroxyl groups is 1. The highest BCUT2D eigenvalue weighted by Crippen LogP contribution is 2.38. The second kappa shape index (κ2) is 15.7. The van der Waals surface area contributed by atoms with Gasteiger partial charge in [0.1, 0.15) is 0 Å². The summed E-state index contributed by atoms with van der Waals surface area (Å²) in [6.45, 7) is 2.07. The third-order valence-electron chi connectivity index (χ3n) is 8.43. The van der Waals surface area contributed by atoms with Crippen LogP contribution in [0.5, 0.6) is 0 Å². The van der Waals surface area contributed by atoms with Crippen LogP contribution in [0.25, 0.3) is 11.1 Å². The summed E-state index contributed by atoms with van der Waals surface area (Å²) in [4.78, 5) is 23.3. The maximum Gasteiger partial charge on any atom is 0.253 e. The van der Waals surface area contributed by atoms with Crippen molar-refractivity contribution >= 4 is 5.91 Å². The number of pyridine rings is 2. The van der Waals surface area contributed by atoms with Crippen molar-refractivity contribution in [2.75, 3.05) is 20.1 Å². The van der Waals surface area contributed by atoms with Crippen molar-refractivity contribution in [1.29, 1.82) is 0 Å². The van der Waals surface area contributed by atoms with Gasteiger partial charge in [0.05, 0.1) is 24.4 Å². The van der Waals surface area contributed by atoms with Crippen molar-refractivity contribution in [1.82, 2.24) is 20.2 Å². The average molecular weight is 629 g/mol. The molecule has 2 aromatic heterocycles. The second-order valence-electron chi connectivity index (χ2n) is 11.9. The molecule has 0 unspecified atom stereocenters. The van der Waals surface area contributed by atoms with E-state index in [9.17, 15) is 9.90 Å². The predicted molar refractivity (Wildman–Crippen MR) is 181 cm³/mol. The molecule has 1 amide bonds. The molecule has 0 bridgehead atoms. The number of hydrogen-bond donors (Lipinski definition) is 2. The van der Waals surface area contributed by atoms with Crippen molar-refractivity contribution < 1.29 is 19.4 Å². The minimum atomic E-state index is -0.525. The van der Waals surface area contributed by atoms with Crippen molar-refractivity contribution in [2.24, 2.45) is 0 Å². The van der Waals surface area contributed by atoms with Gasteiger partial charge in [-0.1, -0.05) is 72.8 Å². The highest BCUT2D eigenvalue weighted by Gasteiger charge is 2.32. The maximum atomic E-state index is 12.5. The molecule has 5 aromatic rings. The topological polar surface area (TPSA) is 96.8 Å². The highest BCUT2D eigenvalue weighted by atomic mass is 16.7. The van der Waals surface area contributed by atoms with Crippen LogP contribution in [0, 0.1) is 0 Å². The molecule has 8 nitrogen and oxygen atoms in total. The number of hydrogen-bond acceptors (Lipinski definition) is 7. The van der Waals surface area contributed by atoms with E-state index >= 15 is 0 Å². The standard InChI is InChI=1S/C39H40N4O4/c1-43(21-18-35-9-2-3-20-41-35)26-36-23-37(31-12-10-28(27-44)11-13-31)47-39(46-36)32-16-14-30(15-17-32)33-7-4-6-29(22-33)24-42-38(45)34-8-5-19-40-25-34/h2-17,19-20,22,25,36-37,39,44H,18,21,23-24,26-27H2,1H3,(H,42,45)/t36-,37+,39+/m0/s1. The molecule has 8 heteroatoms. The van der Waals surface area contributed by atoms with Crippen molar-refractivity contribution in [2.45, 2.75) is 44.5 Å². The van der Waals surface area contributed by atoms with E-state index in [0.29, 0.717) is 12.1 Å². The van der Waals surface area contributed by atoms with Crippen LogP contribution >= 0.6 is 0 Å². The van der Waals surface area contributed by atoms with Gasteiger partial charge in [0.25, 0.3) is 5.91 Å². The Labute approximate surface area is 276 Å². The lowest BCUT2D eigenvalue weighted by Crippen LogP contribution is -2.38. The number of ether oxygens (including phenoxy) is 2. The van der Waals surface area contributed by atoms with Crippen LogP contribution in [-0.2, 0) is 29.0 Å². The van der Waals surface area contributed by atoms with Gasteiger partial charge in [-0.2, -0.15) is 0 Å². The van der Waals surface area contributed by atoms with E-state index in [1.54, 1.807) is 24.5 Å². The molecule has 2 N–H and O–H groups in total. The van der Waals surface area contributed by atoms with Crippen molar-refractivity contribution in [3.8, 4) is 11.1 Å². The molecule has 3 heterocycles. The number of rotatable bonds is 12. The average Bonchev–Trinajstić information content (AvgIpc) is 3.14. The first-order valence-corrected chi connectivity index (χ1v) is 16.0. The Bertz CT molecular complexity index is 1720. The normalized spacial score (nSPS) is 17.8. The number of nitrogens with zero attached hydrogens (tertiary/aromatic N) is 3. The lowest BCUT2D eigenvalue weighted by molar-refractivity contribution is -0.252. The summed E-state index contributed by atoms with van der Waals surface area (Å²) >= 11 is 0. The molecule has 0 radical (unpaired) electrons. The van der Waals surface area contributed by atoms with Gasteiger partial charge < -0.3 is 24.8 Å². The first-order valence-electron chi connectivity index (χ1n) is 16.0. The van der Waals surface area contributed by atoms with E-state index in [0.717, 1.165) is 65.0 Å². The lowest BCUT2D eigenvalue weighted by Gasteiger charge is -2.38. The Morgan fingerprint density at radius 2 is 1.70 bits per heavy atom. The summed E-state index contributed by atoms with van der Waals surface area (Å²) in [6.07, 6.45) is 5.94. The molecule has 240 valence electrons. The maximum absolute atomic E-state index is 12.5. The van der Waals surface area contributed by atoms with Gasteiger partial charge in [0.2, 0.25) is 0 Å². The van der Waals surface area contributed by atoms with E-state index in [2.05, 4.69) is 69.7 Å². The molecule has 0 spiro atoms. The number of likely N-dealkylation sites (N-methyl/N-ethyl adjacent to an activating group) is 1. The van der Waals surface area contributed by atoms with E-state index in [-0.39, 0.29) is 24.7 Å². The Hall–Kier alpha value is -4.73. The molecule has 6 rings (SSSR count). The Kier molecular flexibility index (Phi) is 10.8. The third kappa shape index (κ3) is 8.75. The van der Waals surface area contributed by atoms with Crippen LogP contribution in [0.4, 0.5) is 0 Å². The zero-order chi connectivity index (χ0) is 32.4. The van der Waals surface area contributed by atoms with Crippen LogP contribution in [0.1, 0.15) is 57.1 Å². The predicted octanol–water partition coefficient (Wildman–Crippen LogP) is 6.29. The molecule has 1 aliphatic rings. The van der Waals surface area contributed by atoms with Crippen LogP contribution in [-0.4, -0.2) is 52.1 Å². The summed E-state index contributed by atoms with van der Waals surface area (Å²) < 4.78 is 13.2. The van der Waals surface area contributed by atoms with Crippen LogP contribution in [0.15, 0.2) is 122 Å². The monoisotopic (exact) mass is 628 g/mol. The highest BCUT2D eigenvalue weighted by molar-refractivity contribution is 5.93. The summed E-state index contributed by atoms with van der Waals surface area (Å²) in [5.41, 5.74) is 7.64. The quantitative estimate of drug-likeness (QED) is 0.168. The van der Waals surface area contributed by atoms with Gasteiger partial charge in [0.15, 0.2) is 6.29 Å². The molecule has 47 heavy (non-hydrogen) atoms. The van der Waals surface area contributed by atoms with Crippen LogP contribution < -0.4 is 5.32 Å². The third-order valence-corrected chi connectivity index (χ3v) is 8.43. The molecular formula is C39H40N4O4. The van der Waals surface area contributed by atoms with E-state index in [1.165, 1.54) is 0 Å². The number of aliphatic hydroxyl groups excluding tert-OH is 1. The molecule has 0 aliphatic carbocycles. The molecule has 1 fully saturated rings. The fourth-order valence-corrected chi connectivity index (χ4v) is 5.80. The van der Waals surface area contributed by atoms with Gasteiger partial charge in [-0.25, -0.2) is 0 Å². The molecular weight excluding hydrogens is 588 g/mol. The van der Waals surface area contributed by atoms with Crippen LogP contribution in [0.2, 0.25) is 0 Å². The Morgan fingerprint density at radius 1 is 0.872 bits per heavy atom. The summed E-state index contributed by atoms with van der Waals surface area (Å²) in [6, 6.07) is 34.0. The number of carbonyl (C=O) groups excluding carboxylic acids is 1. The molecule has 3 aromatic carbocycles. The summed E-state index contributed by atoms with van der Waals surface area (Å²) in [7, 11) is 2.12. The number of nitrogens with one attached hydrogen (secondary N) is 1. The number of carbonyl (C=O) groups is 1. The lowest BCUT2D eigenvalue weighted by atomic mass is 9.99. The zero-order valence-electron chi connectivity index (χ0n) is 26.5. The number of amides is 1. The minimum Gasteiger partial charge on any atom is -0.392 e. The first kappa shape index (κ1) is 32.2. The Balaban J connectivity index is 1.14. The molecule has 3 atom stereocenters. The van der Waals surface area contributed by atoms with Gasteiger partial charge in [-0.3, -0.25) is 14.8 Å². The first-order chi connectivity index (χ1) is 23.0. The second-order valence-corrected chi connectivity index (χ2v) is 11.9. The SMILES string of the molecule is CN(CCc1ccccn1)C[C@@H]1C[C@H](c2ccc(CO)cc2)O[C@H](c2ccc(-c3cccc(CNC(=O)c4cccnc4)c3)cc2)O1. The van der Waals surface area contributed by atoms with E-state index in [4.69, 9.17) is 9.47 Å². The van der Waals surface area contributed by atoms with Gasteiger partial charge in [0, 0.05) is 62.3 Å². The molecule has 1 aliphatic heterocycles. The smallest absolute Gasteiger partial charge is 0.253 e. The van der Waals surface area contributed by atoms with Crippen molar-refractivity contribution in [3.63, 3.8) is 0 Å². The van der Waals surface area contributed by atoms with Crippen LogP contribution in [0.3, 0.4) is 0 Å². The summed E-state index contributed by atoms with van der Waals surface area (Å²) in [5, 5.41) is 12.5. The minimum absolute atomic E-state index is 0.0104. The van der Waals surface area contributed by atoms with Gasteiger partial charge in [-0.05, 0) is 65.2 Å². The van der Waals surface area contributed by atoms with Gasteiger partial charge >= 0.3 is 0 Å². The molecule has 1 saturated heterocycles. The number of benzene rings is 3. The zero-order valence-corrected chi connectivity index (χ0v) is 26.5. The van der Waals surface area contributed by atoms with E-state index in [1.807, 2.05) is 54.7 Å². The van der Waals surface area contributed by atoms with E-state index < -0.39 is 6.29 Å². The van der Waals surface area contributed by atoms with Crippen molar-refractivity contribution in [3.05, 3.63) is 155 Å². The molecule has 0 saturated carbocycles. The summed E-state index contributed by atoms with van der Waals surface area (Å²) in [5.74, 6) is -0.152. The van der Waals surface area contributed by atoms with Gasteiger partial charge in [-0.15, -0.1) is 0 Å². The fourth-order valence-electron chi connectivity index (χ4n) is 5.80. The fraction of sp³-hybridized carbons (Fsp3) is 0.256. The number of aromatic nitrogens is 2. The Morgan fingerprint density at radius 3 is 2.45 bits per heavy atom.